The van der Waals surface area contributed by atoms with Crippen LogP contribution in [-0.4, -0.2) is 5.11 Å². The Morgan fingerprint density at radius 1 is 0.840 bits per heavy atom. The molecule has 0 aliphatic heterocycles. The fraction of sp³-hybridized carbons (Fsp3) is 0.400. The van der Waals surface area contributed by atoms with Crippen molar-refractivity contribution in [3.05, 3.63) is 51.5 Å². The van der Waals surface area contributed by atoms with Crippen molar-refractivity contribution in [2.45, 2.75) is 57.3 Å². The molecule has 0 unspecified atom stereocenters. The highest BCUT2D eigenvalue weighted by Crippen LogP contribution is 2.39. The molecular weight excluding hydrogens is 373 g/mol. The number of phenols is 1. The number of nitrogens with one attached hydrogen (secondary N) is 1. The van der Waals surface area contributed by atoms with E-state index in [1.165, 1.54) is 29.1 Å². The standard InChI is InChI=1S/C20H25Cl2NOS/c1-19(2,3)12-7-13(20(4,5)6)9-15(8-12)23-25-17-11-14(21)10-16(22)18(17)24/h7-11,23-24H,1-6H3. The molecule has 0 heterocycles. The van der Waals surface area contributed by atoms with Crippen LogP contribution >= 0.6 is 35.1 Å². The summed E-state index contributed by atoms with van der Waals surface area (Å²) in [4.78, 5) is 0.593. The van der Waals surface area contributed by atoms with E-state index in [4.69, 9.17) is 23.2 Å². The summed E-state index contributed by atoms with van der Waals surface area (Å²) in [6.07, 6.45) is 0. The first-order valence-electron chi connectivity index (χ1n) is 8.15. The SMILES string of the molecule is CC(C)(C)c1cc(NSc2cc(Cl)cc(Cl)c2O)cc(C(C)(C)C)c1. The molecule has 0 aromatic heterocycles. The van der Waals surface area contributed by atoms with Gasteiger partial charge in [0, 0.05) is 10.7 Å². The van der Waals surface area contributed by atoms with Crippen LogP contribution in [0.3, 0.4) is 0 Å². The number of rotatable bonds is 3. The summed E-state index contributed by atoms with van der Waals surface area (Å²) in [6, 6.07) is 9.78. The summed E-state index contributed by atoms with van der Waals surface area (Å²) < 4.78 is 3.32. The normalized spacial score (nSPS) is 12.3. The molecule has 0 aliphatic carbocycles. The van der Waals surface area contributed by atoms with Gasteiger partial charge in [-0.25, -0.2) is 0 Å². The van der Waals surface area contributed by atoms with Gasteiger partial charge in [-0.2, -0.15) is 0 Å². The van der Waals surface area contributed by atoms with Gasteiger partial charge in [0.15, 0.2) is 0 Å². The van der Waals surface area contributed by atoms with Crippen LogP contribution < -0.4 is 4.72 Å². The molecule has 0 saturated carbocycles. The summed E-state index contributed by atoms with van der Waals surface area (Å²) >= 11 is 13.3. The zero-order valence-electron chi connectivity index (χ0n) is 15.5. The third-order valence-electron chi connectivity index (χ3n) is 3.94. The zero-order chi connectivity index (χ0) is 19.0. The van der Waals surface area contributed by atoms with Gasteiger partial charge in [-0.1, -0.05) is 70.8 Å². The first-order valence-corrected chi connectivity index (χ1v) is 9.72. The minimum Gasteiger partial charge on any atom is -0.505 e. The van der Waals surface area contributed by atoms with E-state index in [0.29, 0.717) is 9.92 Å². The molecule has 0 radical (unpaired) electrons. The lowest BCUT2D eigenvalue weighted by molar-refractivity contribution is 0.463. The molecule has 0 saturated heterocycles. The summed E-state index contributed by atoms with van der Waals surface area (Å²) in [6.45, 7) is 13.2. The van der Waals surface area contributed by atoms with Crippen LogP contribution in [0.1, 0.15) is 52.7 Å². The Morgan fingerprint density at radius 2 is 1.36 bits per heavy atom. The van der Waals surface area contributed by atoms with Gasteiger partial charge in [0.05, 0.1) is 9.92 Å². The second-order valence-corrected chi connectivity index (χ2v) is 9.93. The number of phenolic OH excluding ortho intramolecular Hbond substituents is 1. The van der Waals surface area contributed by atoms with Gasteiger partial charge < -0.3 is 9.83 Å². The van der Waals surface area contributed by atoms with E-state index >= 15 is 0 Å². The lowest BCUT2D eigenvalue weighted by Crippen LogP contribution is -2.16. The van der Waals surface area contributed by atoms with Crippen LogP contribution in [0.2, 0.25) is 10.0 Å². The van der Waals surface area contributed by atoms with Crippen LogP contribution in [0.25, 0.3) is 0 Å². The van der Waals surface area contributed by atoms with Crippen molar-refractivity contribution in [1.29, 1.82) is 0 Å². The molecule has 2 aromatic rings. The average molecular weight is 398 g/mol. The van der Waals surface area contributed by atoms with E-state index in [0.717, 1.165) is 5.69 Å². The highest BCUT2D eigenvalue weighted by Gasteiger charge is 2.20. The molecule has 2 nitrogen and oxygen atoms in total. The topological polar surface area (TPSA) is 32.3 Å². The number of hydrogen-bond acceptors (Lipinski definition) is 3. The number of halogens is 2. The van der Waals surface area contributed by atoms with Crippen molar-refractivity contribution < 1.29 is 5.11 Å². The maximum Gasteiger partial charge on any atom is 0.149 e. The van der Waals surface area contributed by atoms with Gasteiger partial charge in [0.2, 0.25) is 0 Å². The van der Waals surface area contributed by atoms with Crippen molar-refractivity contribution in [3.8, 4) is 5.75 Å². The highest BCUT2D eigenvalue weighted by molar-refractivity contribution is 8.00. The molecular formula is C20H25Cl2NOS. The van der Waals surface area contributed by atoms with Gasteiger partial charge in [0.25, 0.3) is 0 Å². The lowest BCUT2D eigenvalue weighted by Gasteiger charge is -2.26. The van der Waals surface area contributed by atoms with Gasteiger partial charge in [-0.3, -0.25) is 0 Å². The number of hydrogen-bond donors (Lipinski definition) is 2. The van der Waals surface area contributed by atoms with E-state index in [-0.39, 0.29) is 21.6 Å². The summed E-state index contributed by atoms with van der Waals surface area (Å²) in [5.41, 5.74) is 3.60. The number of benzene rings is 2. The second-order valence-electron chi connectivity index (χ2n) is 8.24. The van der Waals surface area contributed by atoms with Crippen molar-refractivity contribution in [2.75, 3.05) is 4.72 Å². The quantitative estimate of drug-likeness (QED) is 0.528. The Bertz CT molecular complexity index is 744. The summed E-state index contributed by atoms with van der Waals surface area (Å²) in [7, 11) is 0. The molecule has 0 amide bonds. The largest absolute Gasteiger partial charge is 0.505 e. The number of anilines is 1. The average Bonchev–Trinajstić information content (AvgIpc) is 2.47. The van der Waals surface area contributed by atoms with E-state index in [1.807, 2.05) is 0 Å². The Morgan fingerprint density at radius 3 is 1.84 bits per heavy atom. The summed E-state index contributed by atoms with van der Waals surface area (Å²) in [5.74, 6) is 0.0339. The number of aromatic hydroxyl groups is 1. The third kappa shape index (κ3) is 5.22. The van der Waals surface area contributed by atoms with Gasteiger partial charge in [-0.05, 0) is 58.2 Å². The van der Waals surface area contributed by atoms with E-state index in [2.05, 4.69) is 64.5 Å². The smallest absolute Gasteiger partial charge is 0.149 e. The van der Waals surface area contributed by atoms with Gasteiger partial charge >= 0.3 is 0 Å². The molecule has 2 rings (SSSR count). The van der Waals surface area contributed by atoms with Crippen molar-refractivity contribution in [1.82, 2.24) is 0 Å². The first-order chi connectivity index (χ1) is 11.4. The molecule has 0 aliphatic rings. The van der Waals surface area contributed by atoms with E-state index in [9.17, 15) is 5.11 Å². The second kappa shape index (κ2) is 7.30. The van der Waals surface area contributed by atoms with Crippen molar-refractivity contribution in [3.63, 3.8) is 0 Å². The van der Waals surface area contributed by atoms with Crippen LogP contribution in [0.4, 0.5) is 5.69 Å². The maximum absolute atomic E-state index is 10.1. The Kier molecular flexibility index (Phi) is 5.92. The molecule has 0 atom stereocenters. The van der Waals surface area contributed by atoms with Crippen LogP contribution in [0.5, 0.6) is 5.75 Å². The molecule has 2 aromatic carbocycles. The predicted molar refractivity (Wildman–Crippen MR) is 111 cm³/mol. The molecule has 0 bridgehead atoms. The van der Waals surface area contributed by atoms with E-state index < -0.39 is 0 Å². The first kappa shape index (κ1) is 20.3. The zero-order valence-corrected chi connectivity index (χ0v) is 17.8. The van der Waals surface area contributed by atoms with E-state index in [1.54, 1.807) is 6.07 Å². The Hall–Kier alpha value is -1.03. The molecule has 0 spiro atoms. The van der Waals surface area contributed by atoms with Crippen molar-refractivity contribution >= 4 is 40.8 Å². The van der Waals surface area contributed by atoms with Gasteiger partial charge in [-0.15, -0.1) is 0 Å². The maximum atomic E-state index is 10.1. The van der Waals surface area contributed by atoms with Crippen molar-refractivity contribution in [2.24, 2.45) is 0 Å². The molecule has 136 valence electrons. The lowest BCUT2D eigenvalue weighted by atomic mass is 9.80. The fourth-order valence-electron chi connectivity index (χ4n) is 2.29. The molecule has 5 heteroatoms. The van der Waals surface area contributed by atoms with Crippen LogP contribution in [0, 0.1) is 0 Å². The van der Waals surface area contributed by atoms with Crippen LogP contribution in [-0.2, 0) is 10.8 Å². The molecule has 25 heavy (non-hydrogen) atoms. The van der Waals surface area contributed by atoms with Gasteiger partial charge in [0.1, 0.15) is 5.75 Å². The fourth-order valence-corrected chi connectivity index (χ4v) is 3.64. The van der Waals surface area contributed by atoms with Crippen LogP contribution in [0.15, 0.2) is 35.2 Å². The minimum atomic E-state index is 0.0339. The monoisotopic (exact) mass is 397 g/mol. The highest BCUT2D eigenvalue weighted by atomic mass is 35.5. The summed E-state index contributed by atoms with van der Waals surface area (Å²) in [5, 5.41) is 10.9. The molecule has 2 N–H and O–H groups in total. The third-order valence-corrected chi connectivity index (χ3v) is 5.31. The molecule has 0 fully saturated rings. The minimum absolute atomic E-state index is 0.0339. The Balaban J connectivity index is 2.36. The Labute approximate surface area is 165 Å². The predicted octanol–water partition coefficient (Wildman–Crippen LogP) is 7.41.